The van der Waals surface area contributed by atoms with Gasteiger partial charge in [0.15, 0.2) is 0 Å². The highest BCUT2D eigenvalue weighted by Crippen LogP contribution is 1.77. The normalized spacial score (nSPS) is 10.0. The molecular formula is C2H4N2O3P+. The van der Waals surface area contributed by atoms with E-state index in [-0.39, 0.29) is 0 Å². The quantitative estimate of drug-likeness (QED) is 0.261. The van der Waals surface area contributed by atoms with Gasteiger partial charge in [0.05, 0.1) is 0 Å². The van der Waals surface area contributed by atoms with Crippen molar-refractivity contribution in [3.05, 3.63) is 0 Å². The molecule has 8 heavy (non-hydrogen) atoms. The fourth-order valence-electron chi connectivity index (χ4n) is 0.106. The minimum Gasteiger partial charge on any atom is -0.361 e. The van der Waals surface area contributed by atoms with E-state index in [0.29, 0.717) is 0 Å². The van der Waals surface area contributed by atoms with E-state index in [1.165, 1.54) is 0 Å². The number of rotatable bonds is 3. The lowest BCUT2D eigenvalue weighted by atomic mass is 10.7. The van der Waals surface area contributed by atoms with Gasteiger partial charge in [-0.2, -0.15) is 4.62 Å². The monoisotopic (exact) mass is 135 g/mol. The van der Waals surface area contributed by atoms with E-state index in [9.17, 15) is 9.36 Å². The molecule has 0 saturated heterocycles. The average Bonchev–Trinajstić information content (AvgIpc) is 1.66. The van der Waals surface area contributed by atoms with Crippen LogP contribution in [0.15, 0.2) is 0 Å². The molecule has 5 nitrogen and oxygen atoms in total. The summed E-state index contributed by atoms with van der Waals surface area (Å²) in [5.41, 5.74) is 4.59. The summed E-state index contributed by atoms with van der Waals surface area (Å²) >= 11 is 0. The van der Waals surface area contributed by atoms with Crippen LogP contribution in [0.1, 0.15) is 0 Å². The number of amides is 1. The van der Waals surface area contributed by atoms with Crippen LogP contribution in [-0.2, 0) is 14.0 Å². The van der Waals surface area contributed by atoms with Crippen LogP contribution in [-0.4, -0.2) is 12.1 Å². The number of hydrogen-bond acceptors (Lipinski definition) is 3. The smallest absolute Gasteiger partial charge is 0.361 e. The van der Waals surface area contributed by atoms with Crippen molar-refractivity contribution in [2.24, 2.45) is 5.73 Å². The van der Waals surface area contributed by atoms with Gasteiger partial charge in [-0.3, -0.25) is 4.79 Å². The molecule has 0 aromatic carbocycles. The van der Waals surface area contributed by atoms with E-state index < -0.39 is 14.6 Å². The van der Waals surface area contributed by atoms with Crippen LogP contribution in [0.3, 0.4) is 0 Å². The van der Waals surface area contributed by atoms with Crippen LogP contribution in [0.4, 0.5) is 0 Å². The van der Waals surface area contributed by atoms with Crippen molar-refractivity contribution in [3.8, 4) is 0 Å². The molecule has 0 rings (SSSR count). The maximum absolute atomic E-state index is 9.79. The van der Waals surface area contributed by atoms with Crippen LogP contribution >= 0.6 is 8.69 Å². The van der Waals surface area contributed by atoms with Gasteiger partial charge < -0.3 is 5.73 Å². The summed E-state index contributed by atoms with van der Waals surface area (Å²) < 4.78 is 13.4. The zero-order valence-corrected chi connectivity index (χ0v) is 4.72. The fraction of sp³-hybridized carbons (Fsp3) is 0. The van der Waals surface area contributed by atoms with Crippen LogP contribution in [0.2, 0.25) is 0 Å². The van der Waals surface area contributed by atoms with Gasteiger partial charge in [-0.05, 0) is 5.16 Å². The molecule has 0 spiro atoms. The Balaban J connectivity index is 3.34. The highest BCUT2D eigenvalue weighted by atomic mass is 31.1. The van der Waals surface area contributed by atoms with Crippen molar-refractivity contribution in [2.75, 3.05) is 0 Å². The Morgan fingerprint density at radius 3 is 2.88 bits per heavy atom. The molecule has 6 heteroatoms. The third-order valence-electron chi connectivity index (χ3n) is 0.291. The molecule has 0 aliphatic rings. The second-order valence-electron chi connectivity index (χ2n) is 0.830. The van der Waals surface area contributed by atoms with Crippen molar-refractivity contribution in [1.82, 2.24) is 0 Å². The van der Waals surface area contributed by atoms with Crippen molar-refractivity contribution in [2.45, 2.75) is 0 Å². The van der Waals surface area contributed by atoms with Gasteiger partial charge in [-0.15, -0.1) is 0 Å². The van der Waals surface area contributed by atoms with Gasteiger partial charge in [0, 0.05) is 0 Å². The molecule has 0 aromatic rings. The van der Waals surface area contributed by atoms with Crippen molar-refractivity contribution < 1.29 is 19.1 Å². The molecule has 0 aromatic heterocycles. The van der Waals surface area contributed by atoms with Crippen LogP contribution in [0.25, 0.3) is 0 Å². The first-order chi connectivity index (χ1) is 3.77. The molecule has 0 radical (unpaired) electrons. The maximum Gasteiger partial charge on any atom is 0.470 e. The zero-order chi connectivity index (χ0) is 6.41. The highest BCUT2D eigenvalue weighted by Gasteiger charge is 1.88. The maximum atomic E-state index is 9.79. The topological polar surface area (TPSA) is 83.4 Å². The Kier molecular flexibility index (Phi) is 3.70. The van der Waals surface area contributed by atoms with E-state index in [1.807, 2.05) is 5.16 Å². The van der Waals surface area contributed by atoms with Gasteiger partial charge in [0.1, 0.15) is 0 Å². The molecule has 0 heterocycles. The first kappa shape index (κ1) is 7.04. The molecule has 0 saturated carbocycles. The molecule has 0 bridgehead atoms. The highest BCUT2D eigenvalue weighted by molar-refractivity contribution is 7.17. The molecule has 0 fully saturated rings. The molecule has 0 atom stereocenters. The fourth-order valence-corrected chi connectivity index (χ4v) is 0.202. The number of hydrogen-bond donors (Lipinski definition) is 2. The first-order valence-electron chi connectivity index (χ1n) is 1.64. The Labute approximate surface area is 46.8 Å². The van der Waals surface area contributed by atoms with E-state index in [1.54, 1.807) is 0 Å². The van der Waals surface area contributed by atoms with E-state index >= 15 is 0 Å². The molecule has 0 unspecified atom stereocenters. The predicted molar refractivity (Wildman–Crippen MR) is 24.9 cm³/mol. The van der Waals surface area contributed by atoms with E-state index in [0.717, 1.165) is 6.21 Å². The van der Waals surface area contributed by atoms with E-state index in [4.69, 9.17) is 0 Å². The number of carbonyl (C=O) groups is 1. The Hall–Kier alpha value is -0.960. The van der Waals surface area contributed by atoms with Crippen molar-refractivity contribution in [3.63, 3.8) is 0 Å². The van der Waals surface area contributed by atoms with Gasteiger partial charge in [0.2, 0.25) is 0 Å². The van der Waals surface area contributed by atoms with Crippen LogP contribution in [0.5, 0.6) is 0 Å². The summed E-state index contributed by atoms with van der Waals surface area (Å²) in [5, 5.41) is 1.91. The lowest BCUT2D eigenvalue weighted by molar-refractivity contribution is -0.698. The number of nitrogens with one attached hydrogen (secondary N) is 1. The molecule has 44 valence electrons. The van der Waals surface area contributed by atoms with Gasteiger partial charge in [-0.1, -0.05) is 0 Å². The van der Waals surface area contributed by atoms with E-state index in [2.05, 4.69) is 10.4 Å². The lowest BCUT2D eigenvalue weighted by Gasteiger charge is -1.68. The Morgan fingerprint density at radius 1 is 1.88 bits per heavy atom. The minimum absolute atomic E-state index is 0.550. The number of carbonyl (C=O) groups excluding carboxylic acids is 1. The van der Waals surface area contributed by atoms with Crippen LogP contribution in [0, 0.1) is 0 Å². The summed E-state index contributed by atoms with van der Waals surface area (Å²) in [6.07, 6.45) is 0.838. The summed E-state index contributed by atoms with van der Waals surface area (Å²) in [5.74, 6) is -0.686. The summed E-state index contributed by atoms with van der Waals surface area (Å²) in [6, 6.07) is 0. The zero-order valence-electron chi connectivity index (χ0n) is 3.83. The average molecular weight is 135 g/mol. The Bertz CT molecular complexity index is 122. The molecule has 3 N–H and O–H groups in total. The third kappa shape index (κ3) is 5.04. The minimum atomic E-state index is -0.686. The standard InChI is InChI=1S/C2H3N2O3P/c3-2(5)1-4-7-8-6/h1H,(H2,3,5)/p+1. The van der Waals surface area contributed by atoms with Gasteiger partial charge >= 0.3 is 14.6 Å². The van der Waals surface area contributed by atoms with Gasteiger partial charge in [0.25, 0.3) is 6.21 Å². The SMILES string of the molecule is NC(=O)C=[NH+]OP=O. The van der Waals surface area contributed by atoms with Crippen molar-refractivity contribution >= 4 is 20.8 Å². The molecule has 0 aliphatic carbocycles. The Morgan fingerprint density at radius 2 is 2.50 bits per heavy atom. The predicted octanol–water partition coefficient (Wildman–Crippen LogP) is -2.24. The number of primary amides is 1. The molecule has 1 amide bonds. The second kappa shape index (κ2) is 4.21. The second-order valence-corrected chi connectivity index (χ2v) is 1.16. The van der Waals surface area contributed by atoms with Crippen LogP contribution < -0.4 is 10.9 Å². The summed E-state index contributed by atoms with van der Waals surface area (Å²) in [6.45, 7) is 0. The summed E-state index contributed by atoms with van der Waals surface area (Å²) in [7, 11) is -0.550. The summed E-state index contributed by atoms with van der Waals surface area (Å²) in [4.78, 5) is 9.79. The number of nitrogens with two attached hydrogens (primary N) is 1. The molecular weight excluding hydrogens is 131 g/mol. The largest absolute Gasteiger partial charge is 0.470 e. The van der Waals surface area contributed by atoms with Gasteiger partial charge in [-0.25, -0.2) is 4.57 Å². The molecule has 0 aliphatic heterocycles. The lowest BCUT2D eigenvalue weighted by Crippen LogP contribution is -2.67. The first-order valence-corrected chi connectivity index (χ1v) is 2.37. The van der Waals surface area contributed by atoms with Crippen molar-refractivity contribution in [1.29, 1.82) is 0 Å². The third-order valence-corrected chi connectivity index (χ3v) is 0.471.